The van der Waals surface area contributed by atoms with Gasteiger partial charge < -0.3 is 9.47 Å². The minimum absolute atomic E-state index is 0.0611. The van der Waals surface area contributed by atoms with Crippen LogP contribution in [0.3, 0.4) is 0 Å². The number of aryl methyl sites for hydroxylation is 1. The number of nitrogens with one attached hydrogen (secondary N) is 1. The van der Waals surface area contributed by atoms with Crippen LogP contribution < -0.4 is 19.1 Å². The van der Waals surface area contributed by atoms with E-state index in [4.69, 9.17) is 9.47 Å². The van der Waals surface area contributed by atoms with E-state index >= 15 is 0 Å². The smallest absolute Gasteiger partial charge is 0.293 e. The van der Waals surface area contributed by atoms with Gasteiger partial charge in [0.15, 0.2) is 11.5 Å². The standard InChI is InChI=1S/C19H20N4O5S2/c1-12-6-5-7-14(10-12)23(2)30(25,26)19-22-21-18(29-19)20-17(24)13-8-9-15(27-3)16(11-13)28-4/h5-11H,1-4H3,(H,20,21,24). The molecule has 0 radical (unpaired) electrons. The summed E-state index contributed by atoms with van der Waals surface area (Å²) >= 11 is 0.768. The Kier molecular flexibility index (Phi) is 6.22. The maximum Gasteiger partial charge on any atom is 0.293 e. The third-order valence-electron chi connectivity index (χ3n) is 4.22. The number of methoxy groups -OCH3 is 2. The summed E-state index contributed by atoms with van der Waals surface area (Å²) in [6.07, 6.45) is 0. The largest absolute Gasteiger partial charge is 0.493 e. The number of carbonyl (C=O) groups excluding carboxylic acids is 1. The molecule has 0 saturated carbocycles. The Morgan fingerprint density at radius 1 is 1.07 bits per heavy atom. The van der Waals surface area contributed by atoms with Crippen LogP contribution in [0.25, 0.3) is 0 Å². The van der Waals surface area contributed by atoms with Crippen LogP contribution in [0.2, 0.25) is 0 Å². The Bertz CT molecular complexity index is 1180. The first-order chi connectivity index (χ1) is 14.3. The summed E-state index contributed by atoms with van der Waals surface area (Å²) in [4.78, 5) is 12.5. The van der Waals surface area contributed by atoms with Crippen LogP contribution >= 0.6 is 11.3 Å². The molecule has 0 aliphatic heterocycles. The molecule has 3 aromatic rings. The van der Waals surface area contributed by atoms with Crippen LogP contribution in [-0.2, 0) is 10.0 Å². The first-order valence-electron chi connectivity index (χ1n) is 8.68. The molecule has 1 amide bonds. The zero-order chi connectivity index (χ0) is 21.9. The van der Waals surface area contributed by atoms with Gasteiger partial charge in [-0.1, -0.05) is 23.5 Å². The number of aromatic nitrogens is 2. The summed E-state index contributed by atoms with van der Waals surface area (Å²) in [5.74, 6) is 0.395. The molecule has 1 N–H and O–H groups in total. The van der Waals surface area contributed by atoms with E-state index in [0.717, 1.165) is 21.2 Å². The molecule has 0 spiro atoms. The van der Waals surface area contributed by atoms with Gasteiger partial charge in [0.2, 0.25) is 5.13 Å². The average molecular weight is 449 g/mol. The van der Waals surface area contributed by atoms with Crippen LogP contribution in [0.4, 0.5) is 10.8 Å². The van der Waals surface area contributed by atoms with Gasteiger partial charge in [-0.05, 0) is 42.8 Å². The second-order valence-corrected chi connectivity index (χ2v) is 9.33. The normalized spacial score (nSPS) is 11.1. The maximum atomic E-state index is 12.9. The van der Waals surface area contributed by atoms with Crippen molar-refractivity contribution in [2.24, 2.45) is 0 Å². The molecule has 0 atom stereocenters. The molecule has 11 heteroatoms. The van der Waals surface area contributed by atoms with Crippen LogP contribution in [-0.4, -0.2) is 45.8 Å². The molecule has 0 aliphatic carbocycles. The van der Waals surface area contributed by atoms with Crippen LogP contribution in [0.1, 0.15) is 15.9 Å². The number of anilines is 2. The van der Waals surface area contributed by atoms with Crippen molar-refractivity contribution in [2.45, 2.75) is 11.3 Å². The van der Waals surface area contributed by atoms with Gasteiger partial charge in [0.25, 0.3) is 20.3 Å². The summed E-state index contributed by atoms with van der Waals surface area (Å²) in [7, 11) is 0.479. The zero-order valence-corrected chi connectivity index (χ0v) is 18.4. The van der Waals surface area contributed by atoms with Crippen molar-refractivity contribution < 1.29 is 22.7 Å². The number of benzene rings is 2. The molecule has 1 heterocycles. The van der Waals surface area contributed by atoms with Crippen molar-refractivity contribution in [3.05, 3.63) is 53.6 Å². The molecule has 2 aromatic carbocycles. The summed E-state index contributed by atoms with van der Waals surface area (Å²) in [5, 5.41) is 10.2. The van der Waals surface area contributed by atoms with Crippen LogP contribution in [0.15, 0.2) is 46.8 Å². The van der Waals surface area contributed by atoms with Gasteiger partial charge in [-0.3, -0.25) is 14.4 Å². The highest BCUT2D eigenvalue weighted by atomic mass is 32.2. The number of sulfonamides is 1. The molecule has 1 aromatic heterocycles. The Morgan fingerprint density at radius 3 is 2.47 bits per heavy atom. The van der Waals surface area contributed by atoms with Crippen molar-refractivity contribution in [1.82, 2.24) is 10.2 Å². The Balaban J connectivity index is 1.80. The van der Waals surface area contributed by atoms with E-state index in [1.165, 1.54) is 27.3 Å². The molecule has 9 nitrogen and oxygen atoms in total. The van der Waals surface area contributed by atoms with E-state index in [-0.39, 0.29) is 9.47 Å². The topological polar surface area (TPSA) is 111 Å². The Labute approximate surface area is 178 Å². The quantitative estimate of drug-likeness (QED) is 0.553. The van der Waals surface area contributed by atoms with Crippen molar-refractivity contribution in [2.75, 3.05) is 30.9 Å². The average Bonchev–Trinajstić information content (AvgIpc) is 3.21. The molecule has 0 bridgehead atoms. The van der Waals surface area contributed by atoms with Gasteiger partial charge in [-0.25, -0.2) is 0 Å². The van der Waals surface area contributed by atoms with Crippen LogP contribution in [0.5, 0.6) is 11.5 Å². The SMILES string of the molecule is COc1ccc(C(=O)Nc2nnc(S(=O)(=O)N(C)c3cccc(C)c3)s2)cc1OC. The maximum absolute atomic E-state index is 12.9. The minimum atomic E-state index is -3.92. The third-order valence-corrected chi connectivity index (χ3v) is 7.19. The second kappa shape index (κ2) is 8.67. The number of hydrogen-bond acceptors (Lipinski definition) is 8. The van der Waals surface area contributed by atoms with Gasteiger partial charge >= 0.3 is 0 Å². The molecule has 3 rings (SSSR count). The van der Waals surface area contributed by atoms with Crippen LogP contribution in [0, 0.1) is 6.92 Å². The van der Waals surface area contributed by atoms with E-state index < -0.39 is 15.9 Å². The number of amides is 1. The molecule has 158 valence electrons. The molecule has 0 unspecified atom stereocenters. The highest BCUT2D eigenvalue weighted by Gasteiger charge is 2.27. The fraction of sp³-hybridized carbons (Fsp3) is 0.211. The van der Waals surface area contributed by atoms with Gasteiger partial charge in [0, 0.05) is 12.6 Å². The predicted molar refractivity (Wildman–Crippen MR) is 114 cm³/mol. The van der Waals surface area contributed by atoms with Gasteiger partial charge in [-0.15, -0.1) is 10.2 Å². The van der Waals surface area contributed by atoms with E-state index in [2.05, 4.69) is 15.5 Å². The Morgan fingerprint density at radius 2 is 1.80 bits per heavy atom. The lowest BCUT2D eigenvalue weighted by atomic mass is 10.2. The first-order valence-corrected chi connectivity index (χ1v) is 10.9. The number of ether oxygens (including phenoxy) is 2. The number of rotatable bonds is 7. The lowest BCUT2D eigenvalue weighted by Gasteiger charge is -2.17. The number of hydrogen-bond donors (Lipinski definition) is 1. The van der Waals surface area contributed by atoms with Crippen molar-refractivity contribution in [1.29, 1.82) is 0 Å². The summed E-state index contributed by atoms with van der Waals surface area (Å²) in [6, 6.07) is 11.7. The Hall–Kier alpha value is -3.18. The van der Waals surface area contributed by atoms with E-state index in [0.29, 0.717) is 22.7 Å². The van der Waals surface area contributed by atoms with Gasteiger partial charge in [-0.2, -0.15) is 8.42 Å². The van der Waals surface area contributed by atoms with E-state index in [1.54, 1.807) is 30.3 Å². The van der Waals surface area contributed by atoms with Crippen molar-refractivity contribution >= 4 is 38.1 Å². The molecule has 0 aliphatic rings. The second-order valence-electron chi connectivity index (χ2n) is 6.21. The minimum Gasteiger partial charge on any atom is -0.493 e. The summed E-state index contributed by atoms with van der Waals surface area (Å²) in [6.45, 7) is 1.87. The lowest BCUT2D eigenvalue weighted by molar-refractivity contribution is 0.102. The first kappa shape index (κ1) is 21.5. The molecule has 0 saturated heterocycles. The van der Waals surface area contributed by atoms with Crippen molar-refractivity contribution in [3.8, 4) is 11.5 Å². The number of carbonyl (C=O) groups is 1. The monoisotopic (exact) mass is 448 g/mol. The highest BCUT2D eigenvalue weighted by Crippen LogP contribution is 2.29. The fourth-order valence-electron chi connectivity index (χ4n) is 2.59. The van der Waals surface area contributed by atoms with Gasteiger partial charge in [0.1, 0.15) is 0 Å². The lowest BCUT2D eigenvalue weighted by Crippen LogP contribution is -2.26. The predicted octanol–water partition coefficient (Wildman–Crippen LogP) is 2.94. The summed E-state index contributed by atoms with van der Waals surface area (Å²) < 4.78 is 36.9. The molecular weight excluding hydrogens is 428 g/mol. The molecular formula is C19H20N4O5S2. The summed E-state index contributed by atoms with van der Waals surface area (Å²) in [5.41, 5.74) is 1.72. The highest BCUT2D eigenvalue weighted by molar-refractivity contribution is 7.94. The van der Waals surface area contributed by atoms with E-state index in [1.807, 2.05) is 13.0 Å². The van der Waals surface area contributed by atoms with Gasteiger partial charge in [0.05, 0.1) is 19.9 Å². The number of nitrogens with zero attached hydrogens (tertiary/aromatic N) is 3. The zero-order valence-electron chi connectivity index (χ0n) is 16.7. The molecule has 0 fully saturated rings. The third kappa shape index (κ3) is 4.36. The fourth-order valence-corrected chi connectivity index (χ4v) is 4.83. The van der Waals surface area contributed by atoms with Crippen molar-refractivity contribution in [3.63, 3.8) is 0 Å². The van der Waals surface area contributed by atoms with E-state index in [9.17, 15) is 13.2 Å². The molecule has 30 heavy (non-hydrogen) atoms.